The molecule has 0 radical (unpaired) electrons. The highest BCUT2D eigenvalue weighted by molar-refractivity contribution is 6.42. The largest absolute Gasteiger partial charge is 0.373 e. The van der Waals surface area contributed by atoms with Crippen molar-refractivity contribution in [3.05, 3.63) is 33.8 Å². The van der Waals surface area contributed by atoms with Crippen LogP contribution >= 0.6 is 23.2 Å². The summed E-state index contributed by atoms with van der Waals surface area (Å²) in [6.45, 7) is 2.81. The Kier molecular flexibility index (Phi) is 4.01. The predicted molar refractivity (Wildman–Crippen MR) is 77.7 cm³/mol. The van der Waals surface area contributed by atoms with Crippen LogP contribution in [0.3, 0.4) is 0 Å². The van der Waals surface area contributed by atoms with Crippen molar-refractivity contribution in [1.82, 2.24) is 4.90 Å². The van der Waals surface area contributed by atoms with Crippen LogP contribution in [-0.4, -0.2) is 36.7 Å². The SMILES string of the molecule is NC(c1cccc(Cl)c1Cl)C1CN2CCCC2CO1. The van der Waals surface area contributed by atoms with Crippen LogP contribution in [0.1, 0.15) is 24.4 Å². The maximum absolute atomic E-state index is 6.33. The van der Waals surface area contributed by atoms with Crippen LogP contribution < -0.4 is 5.73 Å². The van der Waals surface area contributed by atoms with E-state index in [0.29, 0.717) is 16.1 Å². The summed E-state index contributed by atoms with van der Waals surface area (Å²) >= 11 is 12.3. The van der Waals surface area contributed by atoms with Crippen molar-refractivity contribution in [3.63, 3.8) is 0 Å². The first-order valence-electron chi connectivity index (χ1n) is 6.72. The Balaban J connectivity index is 1.76. The predicted octanol–water partition coefficient (Wildman–Crippen LogP) is 2.86. The van der Waals surface area contributed by atoms with E-state index in [4.69, 9.17) is 33.7 Å². The third-order valence-electron chi connectivity index (χ3n) is 4.16. The molecule has 104 valence electrons. The minimum absolute atomic E-state index is 0.00897. The summed E-state index contributed by atoms with van der Waals surface area (Å²) in [6, 6.07) is 5.94. The number of fused-ring (bicyclic) bond motifs is 1. The van der Waals surface area contributed by atoms with E-state index in [1.165, 1.54) is 12.8 Å². The molecule has 0 bridgehead atoms. The number of hydrogen-bond acceptors (Lipinski definition) is 3. The molecule has 1 aromatic rings. The number of halogens is 2. The Labute approximate surface area is 123 Å². The average molecular weight is 301 g/mol. The second kappa shape index (κ2) is 5.58. The minimum Gasteiger partial charge on any atom is -0.373 e. The van der Waals surface area contributed by atoms with E-state index in [-0.39, 0.29) is 12.1 Å². The Hall–Kier alpha value is -0.320. The zero-order chi connectivity index (χ0) is 13.4. The van der Waals surface area contributed by atoms with Gasteiger partial charge in [0.25, 0.3) is 0 Å². The molecule has 0 amide bonds. The Morgan fingerprint density at radius 1 is 1.37 bits per heavy atom. The molecule has 1 aromatic carbocycles. The smallest absolute Gasteiger partial charge is 0.0895 e. The van der Waals surface area contributed by atoms with Crippen LogP contribution in [0.2, 0.25) is 10.0 Å². The van der Waals surface area contributed by atoms with Gasteiger partial charge in [-0.15, -0.1) is 0 Å². The van der Waals surface area contributed by atoms with Gasteiger partial charge in [-0.3, -0.25) is 4.90 Å². The van der Waals surface area contributed by atoms with E-state index in [1.54, 1.807) is 6.07 Å². The molecule has 5 heteroatoms. The van der Waals surface area contributed by atoms with Gasteiger partial charge in [-0.1, -0.05) is 35.3 Å². The summed E-state index contributed by atoms with van der Waals surface area (Å²) < 4.78 is 5.93. The van der Waals surface area contributed by atoms with Crippen LogP contribution in [0.15, 0.2) is 18.2 Å². The summed E-state index contributed by atoms with van der Waals surface area (Å²) in [5.74, 6) is 0. The highest BCUT2D eigenvalue weighted by atomic mass is 35.5. The topological polar surface area (TPSA) is 38.5 Å². The van der Waals surface area contributed by atoms with Gasteiger partial charge in [0.2, 0.25) is 0 Å². The highest BCUT2D eigenvalue weighted by Crippen LogP contribution is 2.33. The highest BCUT2D eigenvalue weighted by Gasteiger charge is 2.35. The monoisotopic (exact) mass is 300 g/mol. The molecule has 2 N–H and O–H groups in total. The van der Waals surface area contributed by atoms with Crippen molar-refractivity contribution in [2.75, 3.05) is 19.7 Å². The van der Waals surface area contributed by atoms with E-state index in [1.807, 2.05) is 12.1 Å². The Morgan fingerprint density at radius 2 is 2.21 bits per heavy atom. The second-order valence-electron chi connectivity index (χ2n) is 5.33. The van der Waals surface area contributed by atoms with Crippen molar-refractivity contribution in [2.24, 2.45) is 5.73 Å². The number of rotatable bonds is 2. The lowest BCUT2D eigenvalue weighted by Crippen LogP contribution is -2.49. The van der Waals surface area contributed by atoms with Gasteiger partial charge >= 0.3 is 0 Å². The third-order valence-corrected chi connectivity index (χ3v) is 4.99. The lowest BCUT2D eigenvalue weighted by atomic mass is 10.00. The molecule has 3 atom stereocenters. The first kappa shape index (κ1) is 13.7. The van der Waals surface area contributed by atoms with Crippen molar-refractivity contribution < 1.29 is 4.74 Å². The molecule has 0 spiro atoms. The summed E-state index contributed by atoms with van der Waals surface area (Å²) in [4.78, 5) is 2.48. The summed E-state index contributed by atoms with van der Waals surface area (Å²) in [5, 5.41) is 1.09. The molecule has 0 aromatic heterocycles. The number of nitrogens with two attached hydrogens (primary N) is 1. The van der Waals surface area contributed by atoms with Gasteiger partial charge in [0.1, 0.15) is 0 Å². The van der Waals surface area contributed by atoms with Gasteiger partial charge in [0, 0.05) is 12.6 Å². The van der Waals surface area contributed by atoms with Gasteiger partial charge in [-0.25, -0.2) is 0 Å². The number of morpholine rings is 1. The fraction of sp³-hybridized carbons (Fsp3) is 0.571. The van der Waals surface area contributed by atoms with Crippen molar-refractivity contribution in [1.29, 1.82) is 0 Å². The van der Waals surface area contributed by atoms with E-state index in [0.717, 1.165) is 25.3 Å². The van der Waals surface area contributed by atoms with Crippen molar-refractivity contribution in [2.45, 2.75) is 31.0 Å². The summed E-state index contributed by atoms with van der Waals surface area (Å²) in [7, 11) is 0. The maximum atomic E-state index is 6.33. The molecule has 2 saturated heterocycles. The lowest BCUT2D eigenvalue weighted by Gasteiger charge is -2.38. The molecular formula is C14H18Cl2N2O. The first-order chi connectivity index (χ1) is 9.16. The number of ether oxygens (including phenoxy) is 1. The average Bonchev–Trinajstić information content (AvgIpc) is 2.88. The first-order valence-corrected chi connectivity index (χ1v) is 7.47. The number of hydrogen-bond donors (Lipinski definition) is 1. The van der Waals surface area contributed by atoms with Gasteiger partial charge < -0.3 is 10.5 Å². The Morgan fingerprint density at radius 3 is 3.05 bits per heavy atom. The quantitative estimate of drug-likeness (QED) is 0.913. The van der Waals surface area contributed by atoms with Gasteiger partial charge in [-0.2, -0.15) is 0 Å². The normalized spacial score (nSPS) is 29.2. The summed E-state index contributed by atoms with van der Waals surface area (Å²) in [6.07, 6.45) is 2.48. The minimum atomic E-state index is -0.229. The van der Waals surface area contributed by atoms with Gasteiger partial charge in [0.15, 0.2) is 0 Å². The van der Waals surface area contributed by atoms with Crippen LogP contribution in [0, 0.1) is 0 Å². The van der Waals surface area contributed by atoms with E-state index in [2.05, 4.69) is 4.90 Å². The van der Waals surface area contributed by atoms with E-state index < -0.39 is 0 Å². The van der Waals surface area contributed by atoms with Crippen LogP contribution in [0.4, 0.5) is 0 Å². The van der Waals surface area contributed by atoms with Crippen molar-refractivity contribution in [3.8, 4) is 0 Å². The molecule has 3 rings (SSSR count). The van der Waals surface area contributed by atoms with Crippen molar-refractivity contribution >= 4 is 23.2 Å². The Bertz CT molecular complexity index is 469. The fourth-order valence-electron chi connectivity index (χ4n) is 3.04. The van der Waals surface area contributed by atoms with Crippen LogP contribution in [0.25, 0.3) is 0 Å². The molecule has 0 saturated carbocycles. The second-order valence-corrected chi connectivity index (χ2v) is 6.12. The molecule has 3 nitrogen and oxygen atoms in total. The van der Waals surface area contributed by atoms with E-state index in [9.17, 15) is 0 Å². The van der Waals surface area contributed by atoms with Crippen LogP contribution in [-0.2, 0) is 4.74 Å². The molecular weight excluding hydrogens is 283 g/mol. The summed E-state index contributed by atoms with van der Waals surface area (Å²) in [5.41, 5.74) is 7.20. The molecule has 19 heavy (non-hydrogen) atoms. The molecule has 2 heterocycles. The lowest BCUT2D eigenvalue weighted by molar-refractivity contribution is -0.0596. The van der Waals surface area contributed by atoms with Gasteiger partial charge in [-0.05, 0) is 31.0 Å². The molecule has 2 fully saturated rings. The standard InChI is InChI=1S/C14H18Cl2N2O/c15-11-5-1-4-10(13(11)16)14(17)12-7-18-6-2-3-9(18)8-19-12/h1,4-5,9,12,14H,2-3,6-8,17H2. The maximum Gasteiger partial charge on any atom is 0.0895 e. The number of nitrogens with zero attached hydrogens (tertiary/aromatic N) is 1. The molecule has 3 unspecified atom stereocenters. The zero-order valence-electron chi connectivity index (χ0n) is 10.7. The fourth-order valence-corrected chi connectivity index (χ4v) is 3.47. The van der Waals surface area contributed by atoms with Gasteiger partial charge in [0.05, 0.1) is 28.8 Å². The molecule has 0 aliphatic carbocycles. The van der Waals surface area contributed by atoms with Crippen LogP contribution in [0.5, 0.6) is 0 Å². The molecule has 2 aliphatic heterocycles. The zero-order valence-corrected chi connectivity index (χ0v) is 12.2. The third kappa shape index (κ3) is 2.63. The number of benzene rings is 1. The van der Waals surface area contributed by atoms with E-state index >= 15 is 0 Å². The molecule has 2 aliphatic rings.